The highest BCUT2D eigenvalue weighted by Crippen LogP contribution is 2.39. The van der Waals surface area contributed by atoms with Gasteiger partial charge in [0.05, 0.1) is 18.3 Å². The fraction of sp³-hybridized carbons (Fsp3) is 0.625. The number of nitrogens with zero attached hydrogens (tertiary/aromatic N) is 5. The van der Waals surface area contributed by atoms with Crippen LogP contribution in [0.3, 0.4) is 0 Å². The summed E-state index contributed by atoms with van der Waals surface area (Å²) in [5.74, 6) is 2.09. The third-order valence-corrected chi connectivity index (χ3v) is 4.69. The van der Waals surface area contributed by atoms with Gasteiger partial charge in [-0.25, -0.2) is 0 Å². The highest BCUT2D eigenvalue weighted by molar-refractivity contribution is 5.96. The second-order valence-corrected chi connectivity index (χ2v) is 6.60. The zero-order valence-electron chi connectivity index (χ0n) is 13.3. The van der Waals surface area contributed by atoms with Crippen LogP contribution in [-0.4, -0.2) is 43.2 Å². The first-order valence-corrected chi connectivity index (χ1v) is 8.27. The standard InChI is InChI=1S/C16H21N5O2/c1-20-9-12(8-17-20)14(22)7-13-3-2-6-21(13)10-15-18-19-16(23-15)11-4-5-11/h8-9,11,13H,2-7,10H2,1H3/t13-/m0/s1. The maximum Gasteiger partial charge on any atom is 0.230 e. The van der Waals surface area contributed by atoms with Crippen LogP contribution in [-0.2, 0) is 13.6 Å². The number of ketones is 1. The molecule has 0 N–H and O–H groups in total. The lowest BCUT2D eigenvalue weighted by molar-refractivity contribution is 0.0933. The summed E-state index contributed by atoms with van der Waals surface area (Å²) in [5.41, 5.74) is 0.688. The van der Waals surface area contributed by atoms with Crippen LogP contribution in [0.2, 0.25) is 0 Å². The van der Waals surface area contributed by atoms with Crippen molar-refractivity contribution in [3.05, 3.63) is 29.7 Å². The summed E-state index contributed by atoms with van der Waals surface area (Å²) < 4.78 is 7.41. The molecule has 2 aromatic heterocycles. The molecule has 7 nitrogen and oxygen atoms in total. The minimum absolute atomic E-state index is 0.152. The van der Waals surface area contributed by atoms with Gasteiger partial charge in [-0.05, 0) is 32.2 Å². The van der Waals surface area contributed by atoms with Crippen molar-refractivity contribution >= 4 is 5.78 Å². The lowest BCUT2D eigenvalue weighted by Crippen LogP contribution is -2.31. The SMILES string of the molecule is Cn1cc(C(=O)C[C@@H]2CCCN2Cc2nnc(C3CC3)o2)cn1. The average molecular weight is 315 g/mol. The number of aromatic nitrogens is 4. The Hall–Kier alpha value is -2.02. The van der Waals surface area contributed by atoms with Crippen LogP contribution in [0.4, 0.5) is 0 Å². The van der Waals surface area contributed by atoms with Crippen LogP contribution < -0.4 is 0 Å². The van der Waals surface area contributed by atoms with E-state index in [1.807, 2.05) is 7.05 Å². The van der Waals surface area contributed by atoms with Crippen molar-refractivity contribution in [3.8, 4) is 0 Å². The quantitative estimate of drug-likeness (QED) is 0.758. The summed E-state index contributed by atoms with van der Waals surface area (Å²) in [7, 11) is 1.83. The first-order chi connectivity index (χ1) is 11.2. The van der Waals surface area contributed by atoms with Gasteiger partial charge in [-0.2, -0.15) is 5.10 Å². The van der Waals surface area contributed by atoms with Crippen LogP contribution >= 0.6 is 0 Å². The predicted octanol–water partition coefficient (Wildman–Crippen LogP) is 1.92. The summed E-state index contributed by atoms with van der Waals surface area (Å²) in [6.45, 7) is 1.62. The summed E-state index contributed by atoms with van der Waals surface area (Å²) >= 11 is 0. The molecule has 4 rings (SSSR count). The Balaban J connectivity index is 1.38. The highest BCUT2D eigenvalue weighted by atomic mass is 16.4. The molecule has 1 aliphatic heterocycles. The molecule has 1 saturated heterocycles. The Bertz CT molecular complexity index is 703. The van der Waals surface area contributed by atoms with E-state index in [1.165, 1.54) is 0 Å². The number of Topliss-reactive ketones (excluding diaryl/α,β-unsaturated/α-hetero) is 1. The van der Waals surface area contributed by atoms with Crippen LogP contribution in [0.5, 0.6) is 0 Å². The van der Waals surface area contributed by atoms with E-state index in [9.17, 15) is 4.79 Å². The van der Waals surface area contributed by atoms with E-state index >= 15 is 0 Å². The predicted molar refractivity (Wildman–Crippen MR) is 81.9 cm³/mol. The molecule has 2 aliphatic rings. The lowest BCUT2D eigenvalue weighted by Gasteiger charge is -2.21. The molecule has 0 radical (unpaired) electrons. The molecule has 0 spiro atoms. The Labute approximate surface area is 134 Å². The van der Waals surface area contributed by atoms with E-state index in [4.69, 9.17) is 4.42 Å². The van der Waals surface area contributed by atoms with E-state index in [0.717, 1.165) is 38.1 Å². The molecular formula is C16H21N5O2. The van der Waals surface area contributed by atoms with Crippen molar-refractivity contribution in [1.29, 1.82) is 0 Å². The molecule has 7 heteroatoms. The van der Waals surface area contributed by atoms with Crippen molar-refractivity contribution < 1.29 is 9.21 Å². The Morgan fingerprint density at radius 3 is 2.96 bits per heavy atom. The smallest absolute Gasteiger partial charge is 0.230 e. The van der Waals surface area contributed by atoms with Gasteiger partial charge in [-0.3, -0.25) is 14.4 Å². The summed E-state index contributed by atoms with van der Waals surface area (Å²) in [4.78, 5) is 14.7. The normalized spacial score (nSPS) is 21.9. The topological polar surface area (TPSA) is 77.0 Å². The molecule has 1 aliphatic carbocycles. The zero-order valence-corrected chi connectivity index (χ0v) is 13.3. The molecule has 1 saturated carbocycles. The average Bonchev–Trinajstić information content (AvgIpc) is 2.93. The van der Waals surface area contributed by atoms with Gasteiger partial charge in [0, 0.05) is 31.6 Å². The van der Waals surface area contributed by atoms with Crippen molar-refractivity contribution in [2.45, 2.75) is 50.6 Å². The molecule has 3 heterocycles. The minimum Gasteiger partial charge on any atom is -0.424 e. The number of hydrogen-bond donors (Lipinski definition) is 0. The highest BCUT2D eigenvalue weighted by Gasteiger charge is 2.31. The van der Waals surface area contributed by atoms with Crippen molar-refractivity contribution in [2.24, 2.45) is 7.05 Å². The molecule has 0 aromatic carbocycles. The van der Waals surface area contributed by atoms with Crippen LogP contribution in [0.1, 0.15) is 60.2 Å². The lowest BCUT2D eigenvalue weighted by atomic mass is 10.0. The van der Waals surface area contributed by atoms with Crippen molar-refractivity contribution in [1.82, 2.24) is 24.9 Å². The van der Waals surface area contributed by atoms with Crippen molar-refractivity contribution in [3.63, 3.8) is 0 Å². The second-order valence-electron chi connectivity index (χ2n) is 6.60. The van der Waals surface area contributed by atoms with Gasteiger partial charge >= 0.3 is 0 Å². The van der Waals surface area contributed by atoms with Gasteiger partial charge in [0.1, 0.15) is 0 Å². The monoisotopic (exact) mass is 315 g/mol. The van der Waals surface area contributed by atoms with Gasteiger partial charge in [-0.15, -0.1) is 10.2 Å². The van der Waals surface area contributed by atoms with E-state index in [0.29, 0.717) is 30.3 Å². The molecule has 1 atom stereocenters. The van der Waals surface area contributed by atoms with Crippen LogP contribution in [0.15, 0.2) is 16.8 Å². The number of likely N-dealkylation sites (tertiary alicyclic amines) is 1. The Morgan fingerprint density at radius 1 is 1.35 bits per heavy atom. The number of carbonyl (C=O) groups excluding carboxylic acids is 1. The molecule has 2 fully saturated rings. The molecule has 0 amide bonds. The van der Waals surface area contributed by atoms with E-state index in [-0.39, 0.29) is 11.8 Å². The third kappa shape index (κ3) is 3.19. The number of rotatable bonds is 6. The van der Waals surface area contributed by atoms with E-state index in [1.54, 1.807) is 17.1 Å². The fourth-order valence-electron chi connectivity index (χ4n) is 3.23. The molecular weight excluding hydrogens is 294 g/mol. The molecule has 0 bridgehead atoms. The Kier molecular flexibility index (Phi) is 3.72. The minimum atomic E-state index is 0.152. The Morgan fingerprint density at radius 2 is 2.22 bits per heavy atom. The summed E-state index contributed by atoms with van der Waals surface area (Å²) in [6.07, 6.45) is 8.41. The zero-order chi connectivity index (χ0) is 15.8. The third-order valence-electron chi connectivity index (χ3n) is 4.69. The number of hydrogen-bond acceptors (Lipinski definition) is 6. The van der Waals surface area contributed by atoms with Gasteiger partial charge in [0.15, 0.2) is 5.78 Å². The first kappa shape index (κ1) is 14.6. The van der Waals surface area contributed by atoms with Gasteiger partial charge in [0.25, 0.3) is 0 Å². The summed E-state index contributed by atoms with van der Waals surface area (Å²) in [6, 6.07) is 0.249. The summed E-state index contributed by atoms with van der Waals surface area (Å²) in [5, 5.41) is 12.4. The second kappa shape index (κ2) is 5.88. The van der Waals surface area contributed by atoms with Crippen LogP contribution in [0.25, 0.3) is 0 Å². The van der Waals surface area contributed by atoms with Gasteiger partial charge in [-0.1, -0.05) is 0 Å². The largest absolute Gasteiger partial charge is 0.424 e. The number of aryl methyl sites for hydroxylation is 1. The molecule has 122 valence electrons. The van der Waals surface area contributed by atoms with E-state index < -0.39 is 0 Å². The maximum absolute atomic E-state index is 12.4. The van der Waals surface area contributed by atoms with E-state index in [2.05, 4.69) is 20.2 Å². The van der Waals surface area contributed by atoms with Gasteiger partial charge in [0.2, 0.25) is 11.8 Å². The molecule has 23 heavy (non-hydrogen) atoms. The molecule has 0 unspecified atom stereocenters. The fourth-order valence-corrected chi connectivity index (χ4v) is 3.23. The maximum atomic E-state index is 12.4. The van der Waals surface area contributed by atoms with Gasteiger partial charge < -0.3 is 4.42 Å². The number of carbonyl (C=O) groups is 1. The molecule has 2 aromatic rings. The first-order valence-electron chi connectivity index (χ1n) is 8.27. The van der Waals surface area contributed by atoms with Crippen LogP contribution in [0, 0.1) is 0 Å². The van der Waals surface area contributed by atoms with Crippen molar-refractivity contribution in [2.75, 3.05) is 6.54 Å².